The van der Waals surface area contributed by atoms with Gasteiger partial charge in [0.2, 0.25) is 0 Å². The quantitative estimate of drug-likeness (QED) is 0.864. The fourth-order valence-corrected chi connectivity index (χ4v) is 2.44. The molecule has 0 aromatic heterocycles. The van der Waals surface area contributed by atoms with E-state index in [0.29, 0.717) is 6.04 Å². The summed E-state index contributed by atoms with van der Waals surface area (Å²) in [6.45, 7) is 9.12. The Morgan fingerprint density at radius 1 is 1.06 bits per heavy atom. The molecule has 1 aromatic carbocycles. The molecule has 1 heterocycles. The van der Waals surface area contributed by atoms with E-state index < -0.39 is 0 Å². The van der Waals surface area contributed by atoms with Gasteiger partial charge in [-0.1, -0.05) is 12.1 Å². The van der Waals surface area contributed by atoms with Crippen molar-refractivity contribution in [2.75, 3.05) is 43.4 Å². The molecule has 1 fully saturated rings. The molecule has 17 heavy (non-hydrogen) atoms. The van der Waals surface area contributed by atoms with Crippen LogP contribution in [0.15, 0.2) is 24.3 Å². The number of hydrogen-bond donors (Lipinski definition) is 1. The van der Waals surface area contributed by atoms with Crippen LogP contribution in [0.1, 0.15) is 13.8 Å². The third-order valence-electron chi connectivity index (χ3n) is 3.56. The Bertz CT molecular complexity index is 354. The molecule has 1 aromatic rings. The summed E-state index contributed by atoms with van der Waals surface area (Å²) in [5, 5.41) is 3.27. The van der Waals surface area contributed by atoms with Crippen LogP contribution in [0.2, 0.25) is 0 Å². The Morgan fingerprint density at radius 3 is 2.29 bits per heavy atom. The number of nitrogens with one attached hydrogen (secondary N) is 1. The van der Waals surface area contributed by atoms with E-state index in [9.17, 15) is 0 Å². The topological polar surface area (TPSA) is 18.5 Å². The minimum Gasteiger partial charge on any atom is -0.386 e. The first kappa shape index (κ1) is 12.2. The minimum absolute atomic E-state index is 0.664. The van der Waals surface area contributed by atoms with Gasteiger partial charge in [0, 0.05) is 39.3 Å². The summed E-state index contributed by atoms with van der Waals surface area (Å²) in [5.74, 6) is 0. The summed E-state index contributed by atoms with van der Waals surface area (Å²) < 4.78 is 0. The van der Waals surface area contributed by atoms with Crippen molar-refractivity contribution in [3.05, 3.63) is 24.3 Å². The van der Waals surface area contributed by atoms with E-state index >= 15 is 0 Å². The summed E-state index contributed by atoms with van der Waals surface area (Å²) in [7, 11) is 1.99. The first-order valence-electron chi connectivity index (χ1n) is 6.48. The highest BCUT2D eigenvalue weighted by atomic mass is 15.3. The van der Waals surface area contributed by atoms with Gasteiger partial charge in [-0.3, -0.25) is 4.90 Å². The van der Waals surface area contributed by atoms with Gasteiger partial charge in [0.1, 0.15) is 0 Å². The van der Waals surface area contributed by atoms with Crippen LogP contribution in [0.4, 0.5) is 11.4 Å². The third kappa shape index (κ3) is 2.72. The Labute approximate surface area is 104 Å². The van der Waals surface area contributed by atoms with Gasteiger partial charge in [0.15, 0.2) is 0 Å². The molecule has 0 unspecified atom stereocenters. The number of piperazine rings is 1. The summed E-state index contributed by atoms with van der Waals surface area (Å²) in [6, 6.07) is 9.21. The van der Waals surface area contributed by atoms with Crippen molar-refractivity contribution in [3.8, 4) is 0 Å². The standard InChI is InChI=1S/C14H23N3/c1-12(2)16-8-10-17(11-9-16)14-7-5-4-6-13(14)15-3/h4-7,12,15H,8-11H2,1-3H3. The first-order chi connectivity index (χ1) is 8.22. The van der Waals surface area contributed by atoms with E-state index in [1.165, 1.54) is 11.4 Å². The SMILES string of the molecule is CNc1ccccc1N1CCN(C(C)C)CC1. The molecular weight excluding hydrogens is 210 g/mol. The zero-order valence-electron chi connectivity index (χ0n) is 11.1. The number of anilines is 2. The third-order valence-corrected chi connectivity index (χ3v) is 3.56. The molecule has 0 radical (unpaired) electrons. The molecule has 2 rings (SSSR count). The average molecular weight is 233 g/mol. The predicted molar refractivity (Wildman–Crippen MR) is 74.9 cm³/mol. The van der Waals surface area contributed by atoms with Crippen molar-refractivity contribution in [1.82, 2.24) is 4.90 Å². The Hall–Kier alpha value is -1.22. The molecule has 3 nitrogen and oxygen atoms in total. The van der Waals surface area contributed by atoms with Gasteiger partial charge >= 0.3 is 0 Å². The lowest BCUT2D eigenvalue weighted by molar-refractivity contribution is 0.209. The lowest BCUT2D eigenvalue weighted by Gasteiger charge is -2.38. The molecule has 0 aliphatic carbocycles. The minimum atomic E-state index is 0.664. The largest absolute Gasteiger partial charge is 0.386 e. The van der Waals surface area contributed by atoms with E-state index in [2.05, 4.69) is 53.2 Å². The van der Waals surface area contributed by atoms with Crippen LogP contribution in [0.25, 0.3) is 0 Å². The van der Waals surface area contributed by atoms with Crippen LogP contribution in [-0.4, -0.2) is 44.2 Å². The summed E-state index contributed by atoms with van der Waals surface area (Å²) in [6.07, 6.45) is 0. The first-order valence-corrected chi connectivity index (χ1v) is 6.48. The maximum Gasteiger partial charge on any atom is 0.0602 e. The second-order valence-electron chi connectivity index (χ2n) is 4.88. The van der Waals surface area contributed by atoms with Crippen LogP contribution in [-0.2, 0) is 0 Å². The molecule has 0 amide bonds. The molecule has 3 heteroatoms. The van der Waals surface area contributed by atoms with Crippen molar-refractivity contribution in [3.63, 3.8) is 0 Å². The zero-order chi connectivity index (χ0) is 12.3. The Kier molecular flexibility index (Phi) is 3.89. The molecule has 1 N–H and O–H groups in total. The summed E-state index contributed by atoms with van der Waals surface area (Å²) in [5.41, 5.74) is 2.56. The van der Waals surface area contributed by atoms with Gasteiger partial charge in [-0.2, -0.15) is 0 Å². The highest BCUT2D eigenvalue weighted by Crippen LogP contribution is 2.26. The lowest BCUT2D eigenvalue weighted by Crippen LogP contribution is -2.49. The lowest BCUT2D eigenvalue weighted by atomic mass is 10.2. The fraction of sp³-hybridized carbons (Fsp3) is 0.571. The van der Waals surface area contributed by atoms with Gasteiger partial charge in [-0.15, -0.1) is 0 Å². The maximum absolute atomic E-state index is 3.27. The van der Waals surface area contributed by atoms with E-state index in [0.717, 1.165) is 26.2 Å². The van der Waals surface area contributed by atoms with E-state index in [4.69, 9.17) is 0 Å². The smallest absolute Gasteiger partial charge is 0.0602 e. The molecule has 0 spiro atoms. The van der Waals surface area contributed by atoms with Crippen LogP contribution in [0.3, 0.4) is 0 Å². The second kappa shape index (κ2) is 5.41. The van der Waals surface area contributed by atoms with E-state index in [1.54, 1.807) is 0 Å². The van der Waals surface area contributed by atoms with E-state index in [-0.39, 0.29) is 0 Å². The maximum atomic E-state index is 3.27. The molecule has 1 aliphatic heterocycles. The molecular formula is C14H23N3. The zero-order valence-corrected chi connectivity index (χ0v) is 11.1. The summed E-state index contributed by atoms with van der Waals surface area (Å²) in [4.78, 5) is 5.02. The van der Waals surface area contributed by atoms with Gasteiger partial charge in [0.25, 0.3) is 0 Å². The van der Waals surface area contributed by atoms with Crippen molar-refractivity contribution < 1.29 is 0 Å². The normalized spacial score (nSPS) is 17.5. The van der Waals surface area contributed by atoms with Gasteiger partial charge in [-0.05, 0) is 26.0 Å². The second-order valence-corrected chi connectivity index (χ2v) is 4.88. The molecule has 0 atom stereocenters. The Balaban J connectivity index is 2.05. The van der Waals surface area contributed by atoms with Crippen LogP contribution in [0.5, 0.6) is 0 Å². The van der Waals surface area contributed by atoms with Crippen molar-refractivity contribution >= 4 is 11.4 Å². The number of hydrogen-bond acceptors (Lipinski definition) is 3. The van der Waals surface area contributed by atoms with Gasteiger partial charge in [-0.25, -0.2) is 0 Å². The number of rotatable bonds is 3. The van der Waals surface area contributed by atoms with Gasteiger partial charge in [0.05, 0.1) is 11.4 Å². The predicted octanol–water partition coefficient (Wildman–Crippen LogP) is 2.26. The molecule has 1 saturated heterocycles. The molecule has 94 valence electrons. The van der Waals surface area contributed by atoms with Crippen LogP contribution >= 0.6 is 0 Å². The average Bonchev–Trinajstić information content (AvgIpc) is 2.39. The van der Waals surface area contributed by atoms with Crippen LogP contribution in [0, 0.1) is 0 Å². The molecule has 0 bridgehead atoms. The van der Waals surface area contributed by atoms with Crippen molar-refractivity contribution in [2.45, 2.75) is 19.9 Å². The molecule has 0 saturated carbocycles. The Morgan fingerprint density at radius 2 is 1.71 bits per heavy atom. The van der Waals surface area contributed by atoms with Crippen molar-refractivity contribution in [2.24, 2.45) is 0 Å². The number of para-hydroxylation sites is 2. The van der Waals surface area contributed by atoms with Crippen LogP contribution < -0.4 is 10.2 Å². The highest BCUT2D eigenvalue weighted by Gasteiger charge is 2.20. The fourth-order valence-electron chi connectivity index (χ4n) is 2.44. The van der Waals surface area contributed by atoms with Crippen molar-refractivity contribution in [1.29, 1.82) is 0 Å². The van der Waals surface area contributed by atoms with Gasteiger partial charge < -0.3 is 10.2 Å². The number of benzene rings is 1. The monoisotopic (exact) mass is 233 g/mol. The highest BCUT2D eigenvalue weighted by molar-refractivity contribution is 5.69. The van der Waals surface area contributed by atoms with E-state index in [1.807, 2.05) is 7.05 Å². The number of nitrogens with zero attached hydrogens (tertiary/aromatic N) is 2. The molecule has 1 aliphatic rings. The summed E-state index contributed by atoms with van der Waals surface area (Å²) >= 11 is 0.